The molecule has 4 aromatic rings. The Bertz CT molecular complexity index is 1360. The van der Waals surface area contributed by atoms with Gasteiger partial charge in [0, 0.05) is 29.9 Å². The van der Waals surface area contributed by atoms with Crippen molar-refractivity contribution in [2.45, 2.75) is 39.8 Å². The molecule has 2 aromatic heterocycles. The molecule has 0 bridgehead atoms. The first-order valence-electron chi connectivity index (χ1n) is 9.93. The highest BCUT2D eigenvalue weighted by atomic mass is 19.3. The summed E-state index contributed by atoms with van der Waals surface area (Å²) >= 11 is 0. The van der Waals surface area contributed by atoms with Crippen molar-refractivity contribution in [2.24, 2.45) is 7.05 Å². The van der Waals surface area contributed by atoms with E-state index in [4.69, 9.17) is 0 Å². The molecule has 0 aliphatic carbocycles. The third-order valence-corrected chi connectivity index (χ3v) is 5.66. The number of nitrogens with zero attached hydrogens (tertiary/aromatic N) is 4. The summed E-state index contributed by atoms with van der Waals surface area (Å²) in [5.74, 6) is -0.553. The molecule has 9 heteroatoms. The van der Waals surface area contributed by atoms with Crippen molar-refractivity contribution in [2.75, 3.05) is 5.32 Å². The van der Waals surface area contributed by atoms with Crippen LogP contribution in [0.3, 0.4) is 0 Å². The van der Waals surface area contributed by atoms with Gasteiger partial charge in [-0.1, -0.05) is 18.2 Å². The minimum Gasteiger partial charge on any atom is -0.361 e. The molecule has 0 amide bonds. The lowest BCUT2D eigenvalue weighted by Crippen LogP contribution is -2.21. The van der Waals surface area contributed by atoms with Gasteiger partial charge in [-0.2, -0.15) is 5.10 Å². The average molecular weight is 429 g/mol. The number of rotatable bonds is 5. The standard InChI is InChI=1S/C22H22F3N5O/c1-5-30-18-10-16-15(9-17(18)29(4)22(30)31)12(3)27-28-21(16)26-11(2)13-7-6-8-14(19(13)23)20(24)25/h6-11,20H,5H2,1-4H3,(H,26,28)/t11-/m1/s1. The quantitative estimate of drug-likeness (QED) is 0.492. The van der Waals surface area contributed by atoms with E-state index in [1.807, 2.05) is 26.0 Å². The largest absolute Gasteiger partial charge is 0.361 e. The van der Waals surface area contributed by atoms with Crippen molar-refractivity contribution in [1.29, 1.82) is 0 Å². The van der Waals surface area contributed by atoms with E-state index in [0.29, 0.717) is 23.4 Å². The lowest BCUT2D eigenvalue weighted by molar-refractivity contribution is 0.146. The maximum Gasteiger partial charge on any atom is 0.328 e. The summed E-state index contributed by atoms with van der Waals surface area (Å²) < 4.78 is 44.0. The van der Waals surface area contributed by atoms with Crippen molar-refractivity contribution in [3.63, 3.8) is 0 Å². The highest BCUT2D eigenvalue weighted by Crippen LogP contribution is 2.32. The Morgan fingerprint density at radius 1 is 1.10 bits per heavy atom. The molecule has 0 saturated heterocycles. The van der Waals surface area contributed by atoms with Gasteiger partial charge in [0.05, 0.1) is 28.3 Å². The molecule has 2 aromatic carbocycles. The number of hydrogen-bond donors (Lipinski definition) is 1. The van der Waals surface area contributed by atoms with E-state index < -0.39 is 23.8 Å². The van der Waals surface area contributed by atoms with Crippen molar-refractivity contribution in [3.8, 4) is 0 Å². The van der Waals surface area contributed by atoms with Crippen LogP contribution < -0.4 is 11.0 Å². The van der Waals surface area contributed by atoms with Crippen LogP contribution in [0.5, 0.6) is 0 Å². The summed E-state index contributed by atoms with van der Waals surface area (Å²) in [5, 5.41) is 13.0. The van der Waals surface area contributed by atoms with Gasteiger partial charge in [-0.05, 0) is 32.9 Å². The SMILES string of the molecule is CCn1c(=O)n(C)c2cc3c(C)nnc(N[C@H](C)c4cccc(C(F)F)c4F)c3cc21. The van der Waals surface area contributed by atoms with E-state index in [2.05, 4.69) is 15.5 Å². The Balaban J connectivity index is 1.86. The van der Waals surface area contributed by atoms with Crippen LogP contribution in [-0.4, -0.2) is 19.3 Å². The van der Waals surface area contributed by atoms with Crippen molar-refractivity contribution in [3.05, 3.63) is 63.5 Å². The van der Waals surface area contributed by atoms with Crippen molar-refractivity contribution >= 4 is 27.6 Å². The molecule has 1 N–H and O–H groups in total. The molecule has 0 aliphatic rings. The zero-order valence-electron chi connectivity index (χ0n) is 17.6. The first-order valence-corrected chi connectivity index (χ1v) is 9.93. The van der Waals surface area contributed by atoms with E-state index in [1.54, 1.807) is 23.1 Å². The Kier molecular flexibility index (Phi) is 5.20. The first-order chi connectivity index (χ1) is 14.7. The number of aromatic nitrogens is 4. The van der Waals surface area contributed by atoms with E-state index in [1.165, 1.54) is 12.1 Å². The second kappa shape index (κ2) is 7.72. The molecule has 6 nitrogen and oxygen atoms in total. The molecule has 1 atom stereocenters. The lowest BCUT2D eigenvalue weighted by atomic mass is 10.0. The molecular formula is C22H22F3N5O. The number of nitrogens with one attached hydrogen (secondary N) is 1. The highest BCUT2D eigenvalue weighted by Gasteiger charge is 2.21. The van der Waals surface area contributed by atoms with Crippen LogP contribution in [0, 0.1) is 12.7 Å². The predicted octanol–water partition coefficient (Wildman–Crippen LogP) is 4.86. The molecule has 0 radical (unpaired) electrons. The molecule has 0 unspecified atom stereocenters. The summed E-state index contributed by atoms with van der Waals surface area (Å²) in [6.45, 7) is 5.88. The molecule has 0 saturated carbocycles. The molecule has 162 valence electrons. The van der Waals surface area contributed by atoms with Crippen LogP contribution in [0.1, 0.15) is 43.1 Å². The maximum atomic E-state index is 14.6. The Labute approximate surface area is 176 Å². The van der Waals surface area contributed by atoms with Gasteiger partial charge in [-0.3, -0.25) is 9.13 Å². The zero-order valence-corrected chi connectivity index (χ0v) is 17.6. The van der Waals surface area contributed by atoms with Crippen LogP contribution in [0.15, 0.2) is 35.1 Å². The topological polar surface area (TPSA) is 64.7 Å². The second-order valence-electron chi connectivity index (χ2n) is 7.52. The monoisotopic (exact) mass is 429 g/mol. The summed E-state index contributed by atoms with van der Waals surface area (Å²) in [6, 6.07) is 7.05. The maximum absolute atomic E-state index is 14.6. The third-order valence-electron chi connectivity index (χ3n) is 5.66. The molecule has 0 aliphatic heterocycles. The lowest BCUT2D eigenvalue weighted by Gasteiger charge is -2.18. The summed E-state index contributed by atoms with van der Waals surface area (Å²) in [6.07, 6.45) is -2.90. The van der Waals surface area contributed by atoms with Crippen LogP contribution in [0.2, 0.25) is 0 Å². The second-order valence-corrected chi connectivity index (χ2v) is 7.52. The van der Waals surface area contributed by atoms with Gasteiger partial charge >= 0.3 is 5.69 Å². The van der Waals surface area contributed by atoms with E-state index in [9.17, 15) is 18.0 Å². The summed E-state index contributed by atoms with van der Waals surface area (Å²) in [4.78, 5) is 12.5. The smallest absolute Gasteiger partial charge is 0.328 e. The fourth-order valence-electron chi connectivity index (χ4n) is 3.94. The fourth-order valence-corrected chi connectivity index (χ4v) is 3.94. The molecule has 2 heterocycles. The number of anilines is 1. The number of alkyl halides is 2. The van der Waals surface area contributed by atoms with Crippen LogP contribution in [0.25, 0.3) is 21.8 Å². The normalized spacial score (nSPS) is 12.8. The number of fused-ring (bicyclic) bond motifs is 2. The molecule has 31 heavy (non-hydrogen) atoms. The van der Waals surface area contributed by atoms with Crippen molar-refractivity contribution in [1.82, 2.24) is 19.3 Å². The Morgan fingerprint density at radius 3 is 2.45 bits per heavy atom. The minimum absolute atomic E-state index is 0.111. The van der Waals surface area contributed by atoms with Gasteiger partial charge in [0.2, 0.25) is 0 Å². The van der Waals surface area contributed by atoms with Gasteiger partial charge < -0.3 is 5.32 Å². The molecule has 0 spiro atoms. The number of halogens is 3. The number of imidazole rings is 1. The van der Waals surface area contributed by atoms with Crippen molar-refractivity contribution < 1.29 is 13.2 Å². The molecule has 4 rings (SSSR count). The van der Waals surface area contributed by atoms with Gasteiger partial charge in [0.1, 0.15) is 5.82 Å². The van der Waals surface area contributed by atoms with E-state index >= 15 is 0 Å². The number of hydrogen-bond acceptors (Lipinski definition) is 4. The number of aryl methyl sites for hydroxylation is 3. The highest BCUT2D eigenvalue weighted by molar-refractivity contribution is 6.01. The molecular weight excluding hydrogens is 407 g/mol. The van der Waals surface area contributed by atoms with E-state index in [-0.39, 0.29) is 11.3 Å². The first kappa shape index (κ1) is 20.9. The van der Waals surface area contributed by atoms with Gasteiger partial charge in [0.15, 0.2) is 5.82 Å². The average Bonchev–Trinajstić information content (AvgIpc) is 2.98. The fraction of sp³-hybridized carbons (Fsp3) is 0.318. The number of benzene rings is 2. The Morgan fingerprint density at radius 2 is 1.77 bits per heavy atom. The summed E-state index contributed by atoms with van der Waals surface area (Å²) in [7, 11) is 1.71. The predicted molar refractivity (Wildman–Crippen MR) is 114 cm³/mol. The van der Waals surface area contributed by atoms with Crippen LogP contribution >= 0.6 is 0 Å². The van der Waals surface area contributed by atoms with E-state index in [0.717, 1.165) is 22.5 Å². The van der Waals surface area contributed by atoms with Gasteiger partial charge in [-0.25, -0.2) is 18.0 Å². The van der Waals surface area contributed by atoms with Crippen LogP contribution in [-0.2, 0) is 13.6 Å². The molecule has 0 fully saturated rings. The van der Waals surface area contributed by atoms with Gasteiger partial charge in [0.25, 0.3) is 6.43 Å². The Hall–Kier alpha value is -3.36. The minimum atomic E-state index is -2.90. The summed E-state index contributed by atoms with van der Waals surface area (Å²) in [5.41, 5.74) is 1.54. The third kappa shape index (κ3) is 3.34. The van der Waals surface area contributed by atoms with Crippen LogP contribution in [0.4, 0.5) is 19.0 Å². The van der Waals surface area contributed by atoms with Gasteiger partial charge in [-0.15, -0.1) is 5.10 Å². The zero-order chi connectivity index (χ0) is 22.4.